The number of anilines is 1. The molecule has 0 bridgehead atoms. The van der Waals surface area contributed by atoms with Crippen molar-refractivity contribution in [2.24, 2.45) is 5.92 Å². The van der Waals surface area contributed by atoms with Crippen LogP contribution in [-0.2, 0) is 11.2 Å². The third-order valence-corrected chi connectivity index (χ3v) is 10.8. The normalized spacial score (nSPS) is 28.1. The highest BCUT2D eigenvalue weighted by Crippen LogP contribution is 2.58. The minimum Gasteiger partial charge on any atom is -0.461 e. The molecule has 46 heavy (non-hydrogen) atoms. The van der Waals surface area contributed by atoms with Crippen molar-refractivity contribution in [3.05, 3.63) is 59.7 Å². The molecular weight excluding hydrogens is 593 g/mol. The summed E-state index contributed by atoms with van der Waals surface area (Å²) in [7, 11) is 0. The Morgan fingerprint density at radius 1 is 1.17 bits per heavy atom. The van der Waals surface area contributed by atoms with E-state index in [1.54, 1.807) is 6.07 Å². The van der Waals surface area contributed by atoms with E-state index in [2.05, 4.69) is 23.6 Å². The first kappa shape index (κ1) is 29.2. The quantitative estimate of drug-likeness (QED) is 0.321. The van der Waals surface area contributed by atoms with Crippen LogP contribution in [0, 0.1) is 23.1 Å². The van der Waals surface area contributed by atoms with Crippen molar-refractivity contribution in [2.75, 3.05) is 44.2 Å². The summed E-state index contributed by atoms with van der Waals surface area (Å²) >= 11 is 0. The summed E-state index contributed by atoms with van der Waals surface area (Å²) in [6.07, 6.45) is 3.44. The lowest BCUT2D eigenvalue weighted by Gasteiger charge is -2.41. The second-order valence-corrected chi connectivity index (χ2v) is 13.6. The number of hydrogen-bond donors (Lipinski definition) is 0. The van der Waals surface area contributed by atoms with Gasteiger partial charge in [0.15, 0.2) is 5.83 Å². The summed E-state index contributed by atoms with van der Waals surface area (Å²) in [6, 6.07) is 10.9. The lowest BCUT2D eigenvalue weighted by atomic mass is 9.93. The van der Waals surface area contributed by atoms with Gasteiger partial charge >= 0.3 is 6.01 Å². The molecule has 8 nitrogen and oxygen atoms in total. The van der Waals surface area contributed by atoms with E-state index < -0.39 is 29.5 Å². The molecule has 4 fully saturated rings. The van der Waals surface area contributed by atoms with E-state index in [1.165, 1.54) is 22.1 Å². The van der Waals surface area contributed by atoms with Crippen molar-refractivity contribution in [2.45, 2.75) is 62.2 Å². The molecule has 2 aliphatic carbocycles. The van der Waals surface area contributed by atoms with Crippen LogP contribution < -0.4 is 9.64 Å². The smallest absolute Gasteiger partial charge is 0.319 e. The Bertz CT molecular complexity index is 1810. The van der Waals surface area contributed by atoms with Gasteiger partial charge < -0.3 is 14.5 Å². The maximum Gasteiger partial charge on any atom is 0.319 e. The van der Waals surface area contributed by atoms with E-state index in [0.717, 1.165) is 37.8 Å². The molecule has 1 amide bonds. The van der Waals surface area contributed by atoms with Gasteiger partial charge in [0, 0.05) is 43.5 Å². The molecule has 5 atom stereocenters. The molecule has 8 rings (SSSR count). The Hall–Kier alpha value is -4.17. The Morgan fingerprint density at radius 2 is 2.04 bits per heavy atom. The highest BCUT2D eigenvalue weighted by atomic mass is 19.1. The number of hydrogen-bond acceptors (Lipinski definition) is 7. The van der Waals surface area contributed by atoms with Crippen LogP contribution in [0.15, 0.2) is 42.7 Å². The predicted molar refractivity (Wildman–Crippen MR) is 166 cm³/mol. The fourth-order valence-corrected chi connectivity index (χ4v) is 8.60. The Kier molecular flexibility index (Phi) is 6.98. The minimum absolute atomic E-state index is 0.0234. The molecule has 1 unspecified atom stereocenters. The van der Waals surface area contributed by atoms with Gasteiger partial charge in [0.25, 0.3) is 5.91 Å². The van der Waals surface area contributed by atoms with Crippen molar-refractivity contribution < 1.29 is 22.7 Å². The maximum atomic E-state index is 16.2. The lowest BCUT2D eigenvalue weighted by Crippen LogP contribution is -2.55. The molecule has 238 valence electrons. The number of ether oxygens (including phenoxy) is 1. The first-order valence-corrected chi connectivity index (χ1v) is 16.2. The molecule has 3 aliphatic heterocycles. The first-order valence-electron chi connectivity index (χ1n) is 16.2. The summed E-state index contributed by atoms with van der Waals surface area (Å²) in [5.74, 6) is -0.790. The zero-order valence-electron chi connectivity index (χ0n) is 25.5. The standard InChI is InChI=1S/C35H35F3N6O2/c1-20(36)33(45)44-11-10-42(18-24(44)6-8-39)32-28-14-29(38)27(25-5-2-4-21-12-22-13-26(22)31(21)25)15-30(28)40-34(41-32)46-19-35-7-3-9-43(35)17-23(37)16-35/h2,4-5,14-15,22-24,26H,1,3,6-7,9-13,16-19H2/t22?,23-,24+,26-,35+/m1/s1. The summed E-state index contributed by atoms with van der Waals surface area (Å²) in [5.41, 5.74) is 3.97. The zero-order valence-corrected chi connectivity index (χ0v) is 25.5. The molecule has 1 saturated carbocycles. The average molecular weight is 629 g/mol. The largest absolute Gasteiger partial charge is 0.461 e. The Labute approximate surface area is 265 Å². The van der Waals surface area contributed by atoms with Crippen LogP contribution in [-0.4, -0.2) is 82.8 Å². The third-order valence-electron chi connectivity index (χ3n) is 10.8. The number of nitriles is 1. The SMILES string of the molecule is C=C(F)C(=O)N1CCN(c2nc(OC[C@@]34CCCN3C[C@H](F)C4)nc3cc(-c4cccc5c4[C@@H]4CC4C5)c(F)cc23)C[C@@H]1CC#N. The topological polar surface area (TPSA) is 85.6 Å². The van der Waals surface area contributed by atoms with Crippen LogP contribution in [0.5, 0.6) is 6.01 Å². The third kappa shape index (κ3) is 4.80. The van der Waals surface area contributed by atoms with E-state index in [0.29, 0.717) is 47.1 Å². The Morgan fingerprint density at radius 3 is 2.87 bits per heavy atom. The van der Waals surface area contributed by atoms with Gasteiger partial charge in [-0.25, -0.2) is 13.2 Å². The number of aromatic nitrogens is 2. The number of rotatable bonds is 7. The van der Waals surface area contributed by atoms with Crippen LogP contribution in [0.2, 0.25) is 0 Å². The fraction of sp³-hybridized carbons (Fsp3) is 0.486. The van der Waals surface area contributed by atoms with E-state index >= 15 is 4.39 Å². The number of alkyl halides is 1. The van der Waals surface area contributed by atoms with Gasteiger partial charge in [0.05, 0.1) is 29.6 Å². The summed E-state index contributed by atoms with van der Waals surface area (Å²) in [5, 5.41) is 9.98. The van der Waals surface area contributed by atoms with Gasteiger partial charge in [-0.1, -0.05) is 24.8 Å². The van der Waals surface area contributed by atoms with Gasteiger partial charge in [-0.3, -0.25) is 9.69 Å². The molecule has 0 N–H and O–H groups in total. The number of halogens is 3. The highest BCUT2D eigenvalue weighted by Gasteiger charge is 2.50. The molecule has 1 aromatic heterocycles. The van der Waals surface area contributed by atoms with Crippen molar-refractivity contribution >= 4 is 22.6 Å². The number of amides is 1. The molecule has 3 aromatic rings. The van der Waals surface area contributed by atoms with Crippen LogP contribution in [0.25, 0.3) is 22.0 Å². The number of nitrogens with zero attached hydrogens (tertiary/aromatic N) is 6. The number of carbonyl (C=O) groups excluding carboxylic acids is 1. The van der Waals surface area contributed by atoms with E-state index in [-0.39, 0.29) is 44.5 Å². The Balaban J connectivity index is 1.19. The summed E-state index contributed by atoms with van der Waals surface area (Å²) in [6.45, 7) is 5.18. The highest BCUT2D eigenvalue weighted by molar-refractivity contribution is 5.94. The second-order valence-electron chi connectivity index (χ2n) is 13.6. The molecule has 3 saturated heterocycles. The molecular formula is C35H35F3N6O2. The van der Waals surface area contributed by atoms with Gasteiger partial charge in [-0.15, -0.1) is 0 Å². The van der Waals surface area contributed by atoms with Crippen molar-refractivity contribution in [3.63, 3.8) is 0 Å². The van der Waals surface area contributed by atoms with Crippen LogP contribution in [0.3, 0.4) is 0 Å². The van der Waals surface area contributed by atoms with Gasteiger partial charge in [-0.05, 0) is 72.9 Å². The maximum absolute atomic E-state index is 16.2. The number of piperazine rings is 1. The van der Waals surface area contributed by atoms with Gasteiger partial charge in [-0.2, -0.15) is 15.2 Å². The van der Waals surface area contributed by atoms with Crippen LogP contribution in [0.4, 0.5) is 19.0 Å². The summed E-state index contributed by atoms with van der Waals surface area (Å²) in [4.78, 5) is 27.5. The molecule has 5 aliphatic rings. The second kappa shape index (κ2) is 11.0. The summed E-state index contributed by atoms with van der Waals surface area (Å²) < 4.78 is 50.8. The van der Waals surface area contributed by atoms with Crippen LogP contribution in [0.1, 0.15) is 49.1 Å². The van der Waals surface area contributed by atoms with Crippen molar-refractivity contribution in [1.29, 1.82) is 5.26 Å². The van der Waals surface area contributed by atoms with E-state index in [4.69, 9.17) is 14.7 Å². The van der Waals surface area contributed by atoms with Crippen molar-refractivity contribution in [1.82, 2.24) is 19.8 Å². The van der Waals surface area contributed by atoms with Crippen LogP contribution >= 0.6 is 0 Å². The minimum atomic E-state index is -1.08. The number of benzene rings is 2. The predicted octanol–water partition coefficient (Wildman–Crippen LogP) is 5.46. The monoisotopic (exact) mass is 628 g/mol. The number of fused-ring (bicyclic) bond motifs is 5. The first-order chi connectivity index (χ1) is 22.2. The molecule has 0 radical (unpaired) electrons. The number of carbonyl (C=O) groups is 1. The zero-order chi connectivity index (χ0) is 31.7. The molecule has 11 heteroatoms. The molecule has 0 spiro atoms. The van der Waals surface area contributed by atoms with E-state index in [9.17, 15) is 18.8 Å². The fourth-order valence-electron chi connectivity index (χ4n) is 8.60. The van der Waals surface area contributed by atoms with Gasteiger partial charge in [0.2, 0.25) is 0 Å². The van der Waals surface area contributed by atoms with Crippen molar-refractivity contribution in [3.8, 4) is 23.2 Å². The average Bonchev–Trinajstić information content (AvgIpc) is 3.36. The van der Waals surface area contributed by atoms with E-state index in [1.807, 2.05) is 17.0 Å². The molecule has 4 heterocycles. The van der Waals surface area contributed by atoms with Gasteiger partial charge in [0.1, 0.15) is 24.4 Å². The molecule has 2 aromatic carbocycles. The lowest BCUT2D eigenvalue weighted by molar-refractivity contribution is -0.131.